The van der Waals surface area contributed by atoms with Crippen LogP contribution in [0.15, 0.2) is 35.2 Å². The average molecular weight is 312 g/mol. The van der Waals surface area contributed by atoms with E-state index in [4.69, 9.17) is 4.74 Å². The molecule has 0 unspecified atom stereocenters. The van der Waals surface area contributed by atoms with Gasteiger partial charge in [0.15, 0.2) is 0 Å². The lowest BCUT2D eigenvalue weighted by Gasteiger charge is -2.08. The Morgan fingerprint density at radius 1 is 1.56 bits per heavy atom. The molecule has 1 aromatic carbocycles. The highest BCUT2D eigenvalue weighted by molar-refractivity contribution is 9.10. The molecule has 0 radical (unpaired) electrons. The molecule has 2 aromatic rings. The first-order valence-corrected chi connectivity index (χ1v) is 5.88. The molecule has 0 fully saturated rings. The summed E-state index contributed by atoms with van der Waals surface area (Å²) in [5.74, 6) is 0.568. The molecule has 0 aliphatic heterocycles. The number of imidazole rings is 1. The highest BCUT2D eigenvalue weighted by atomic mass is 79.9. The zero-order valence-electron chi connectivity index (χ0n) is 9.54. The van der Waals surface area contributed by atoms with Crippen molar-refractivity contribution in [3.8, 4) is 5.75 Å². The number of rotatable bonds is 4. The molecule has 0 spiro atoms. The molecule has 1 aromatic heterocycles. The Kier molecular flexibility index (Phi) is 3.61. The first kappa shape index (κ1) is 12.6. The molecule has 0 saturated heterocycles. The zero-order chi connectivity index (χ0) is 13.1. The fourth-order valence-corrected chi connectivity index (χ4v) is 2.00. The quantitative estimate of drug-likeness (QED) is 0.643. The Balaban J connectivity index is 2.27. The van der Waals surface area contributed by atoms with E-state index in [1.807, 2.05) is 18.2 Å². The summed E-state index contributed by atoms with van der Waals surface area (Å²) in [6.45, 7) is 0.462. The molecule has 0 saturated carbocycles. The van der Waals surface area contributed by atoms with Gasteiger partial charge in [0.2, 0.25) is 6.33 Å². The molecular weight excluding hydrogens is 302 g/mol. The van der Waals surface area contributed by atoms with E-state index in [0.29, 0.717) is 6.54 Å². The van der Waals surface area contributed by atoms with Crippen LogP contribution in [0.25, 0.3) is 0 Å². The molecule has 7 heteroatoms. The third kappa shape index (κ3) is 2.67. The Morgan fingerprint density at radius 2 is 2.33 bits per heavy atom. The van der Waals surface area contributed by atoms with Gasteiger partial charge in [-0.1, -0.05) is 15.9 Å². The van der Waals surface area contributed by atoms with E-state index in [9.17, 15) is 10.1 Å². The smallest absolute Gasteiger partial charge is 0.381 e. The Hall–Kier alpha value is -1.89. The number of methoxy groups -OCH3 is 1. The largest absolute Gasteiger partial charge is 0.496 e. The van der Waals surface area contributed by atoms with Crippen molar-refractivity contribution < 1.29 is 9.66 Å². The number of aromatic nitrogens is 2. The maximum absolute atomic E-state index is 10.5. The third-order valence-corrected chi connectivity index (χ3v) is 2.90. The van der Waals surface area contributed by atoms with Gasteiger partial charge in [-0.25, -0.2) is 0 Å². The molecule has 0 aliphatic rings. The van der Waals surface area contributed by atoms with E-state index in [1.165, 1.54) is 12.5 Å². The van der Waals surface area contributed by atoms with Crippen molar-refractivity contribution in [2.75, 3.05) is 7.11 Å². The predicted molar refractivity (Wildman–Crippen MR) is 68.7 cm³/mol. The van der Waals surface area contributed by atoms with Crippen LogP contribution in [0.5, 0.6) is 5.75 Å². The standard InChI is InChI=1S/C11H10BrN3O3/c1-18-10-3-2-9(12)4-8(10)5-14-6-11(13-7-14)15(16)17/h2-4,6-7H,5H2,1H3. The van der Waals surface area contributed by atoms with Gasteiger partial charge in [0.25, 0.3) is 0 Å². The maximum atomic E-state index is 10.5. The summed E-state index contributed by atoms with van der Waals surface area (Å²) < 4.78 is 7.80. The van der Waals surface area contributed by atoms with Crippen molar-refractivity contribution in [3.63, 3.8) is 0 Å². The number of hydrogen-bond donors (Lipinski definition) is 0. The van der Waals surface area contributed by atoms with Crippen molar-refractivity contribution in [1.29, 1.82) is 0 Å². The molecule has 18 heavy (non-hydrogen) atoms. The first-order valence-electron chi connectivity index (χ1n) is 5.08. The molecule has 94 valence electrons. The Morgan fingerprint density at radius 3 is 2.94 bits per heavy atom. The zero-order valence-corrected chi connectivity index (χ0v) is 11.1. The second kappa shape index (κ2) is 5.18. The molecular formula is C11H10BrN3O3. The maximum Gasteiger partial charge on any atom is 0.381 e. The number of ether oxygens (including phenoxy) is 1. The molecule has 0 aliphatic carbocycles. The molecule has 0 amide bonds. The minimum Gasteiger partial charge on any atom is -0.496 e. The van der Waals surface area contributed by atoms with Gasteiger partial charge in [-0.3, -0.25) is 0 Å². The van der Waals surface area contributed by atoms with Crippen LogP contribution >= 0.6 is 15.9 Å². The summed E-state index contributed by atoms with van der Waals surface area (Å²) in [7, 11) is 1.59. The van der Waals surface area contributed by atoms with Gasteiger partial charge >= 0.3 is 5.82 Å². The van der Waals surface area contributed by atoms with Gasteiger partial charge in [0, 0.05) is 10.0 Å². The second-order valence-electron chi connectivity index (χ2n) is 3.62. The molecule has 0 bridgehead atoms. The molecule has 6 nitrogen and oxygen atoms in total. The van der Waals surface area contributed by atoms with Crippen LogP contribution in [0.3, 0.4) is 0 Å². The molecule has 2 rings (SSSR count). The number of nitro groups is 1. The lowest BCUT2D eigenvalue weighted by atomic mass is 10.2. The van der Waals surface area contributed by atoms with Crippen molar-refractivity contribution in [2.45, 2.75) is 6.54 Å². The summed E-state index contributed by atoms with van der Waals surface area (Å²) in [6, 6.07) is 5.62. The monoisotopic (exact) mass is 311 g/mol. The van der Waals surface area contributed by atoms with Gasteiger partial charge in [-0.05, 0) is 28.1 Å². The fraction of sp³-hybridized carbons (Fsp3) is 0.182. The van der Waals surface area contributed by atoms with Gasteiger partial charge in [0.1, 0.15) is 11.9 Å². The van der Waals surface area contributed by atoms with E-state index in [1.54, 1.807) is 11.7 Å². The Labute approximate surface area is 111 Å². The van der Waals surface area contributed by atoms with Crippen LogP contribution in [-0.2, 0) is 6.54 Å². The summed E-state index contributed by atoms with van der Waals surface area (Å²) in [4.78, 5) is 13.7. The van der Waals surface area contributed by atoms with E-state index >= 15 is 0 Å². The van der Waals surface area contributed by atoms with Crippen LogP contribution in [0, 0.1) is 10.1 Å². The van der Waals surface area contributed by atoms with Crippen molar-refractivity contribution in [3.05, 3.63) is 50.9 Å². The van der Waals surface area contributed by atoms with Gasteiger partial charge < -0.3 is 19.4 Å². The first-order chi connectivity index (χ1) is 8.60. The van der Waals surface area contributed by atoms with Gasteiger partial charge in [0.05, 0.1) is 13.7 Å². The van der Waals surface area contributed by atoms with Crippen LogP contribution in [-0.4, -0.2) is 21.6 Å². The van der Waals surface area contributed by atoms with Gasteiger partial charge in [-0.15, -0.1) is 0 Å². The lowest BCUT2D eigenvalue weighted by molar-refractivity contribution is -0.389. The van der Waals surface area contributed by atoms with E-state index in [0.717, 1.165) is 15.8 Å². The number of benzene rings is 1. The van der Waals surface area contributed by atoms with Crippen LogP contribution in [0.2, 0.25) is 0 Å². The molecule has 1 heterocycles. The highest BCUT2D eigenvalue weighted by Gasteiger charge is 2.11. The highest BCUT2D eigenvalue weighted by Crippen LogP contribution is 2.24. The predicted octanol–water partition coefficient (Wildman–Crippen LogP) is 2.61. The Bertz CT molecular complexity index is 583. The second-order valence-corrected chi connectivity index (χ2v) is 4.53. The number of nitrogens with zero attached hydrogens (tertiary/aromatic N) is 3. The van der Waals surface area contributed by atoms with Crippen molar-refractivity contribution in [2.24, 2.45) is 0 Å². The lowest BCUT2D eigenvalue weighted by Crippen LogP contribution is -1.99. The summed E-state index contributed by atoms with van der Waals surface area (Å²) >= 11 is 3.38. The van der Waals surface area contributed by atoms with Crippen LogP contribution < -0.4 is 4.74 Å². The summed E-state index contributed by atoms with van der Waals surface area (Å²) in [6.07, 6.45) is 2.82. The van der Waals surface area contributed by atoms with Crippen molar-refractivity contribution in [1.82, 2.24) is 9.55 Å². The van der Waals surface area contributed by atoms with E-state index < -0.39 is 4.92 Å². The van der Waals surface area contributed by atoms with Crippen LogP contribution in [0.1, 0.15) is 5.56 Å². The number of hydrogen-bond acceptors (Lipinski definition) is 4. The number of halogens is 1. The van der Waals surface area contributed by atoms with E-state index in [-0.39, 0.29) is 5.82 Å². The minimum absolute atomic E-state index is 0.163. The summed E-state index contributed by atoms with van der Waals surface area (Å²) in [5.41, 5.74) is 0.916. The minimum atomic E-state index is -0.519. The van der Waals surface area contributed by atoms with Crippen LogP contribution in [0.4, 0.5) is 5.82 Å². The topological polar surface area (TPSA) is 70.2 Å². The van der Waals surface area contributed by atoms with Gasteiger partial charge in [-0.2, -0.15) is 0 Å². The van der Waals surface area contributed by atoms with Crippen molar-refractivity contribution >= 4 is 21.7 Å². The SMILES string of the molecule is COc1ccc(Br)cc1Cn1cnc([N+](=O)[O-])c1. The normalized spacial score (nSPS) is 10.3. The summed E-state index contributed by atoms with van der Waals surface area (Å²) in [5, 5.41) is 10.5. The molecule has 0 N–H and O–H groups in total. The molecule has 0 atom stereocenters. The fourth-order valence-electron chi connectivity index (χ4n) is 1.60. The van der Waals surface area contributed by atoms with E-state index in [2.05, 4.69) is 20.9 Å². The average Bonchev–Trinajstić information content (AvgIpc) is 2.78. The third-order valence-electron chi connectivity index (χ3n) is 2.40.